The van der Waals surface area contributed by atoms with Gasteiger partial charge in [0.25, 0.3) is 0 Å². The summed E-state index contributed by atoms with van der Waals surface area (Å²) in [6, 6.07) is 0. The van der Waals surface area contributed by atoms with Crippen LogP contribution >= 0.6 is 0 Å². The van der Waals surface area contributed by atoms with E-state index in [4.69, 9.17) is 0 Å². The molecule has 2 aromatic heterocycles. The molecule has 6 nitrogen and oxygen atoms in total. The summed E-state index contributed by atoms with van der Waals surface area (Å²) in [5, 5.41) is 0. The van der Waals surface area contributed by atoms with Crippen molar-refractivity contribution in [2.75, 3.05) is 36.0 Å². The van der Waals surface area contributed by atoms with E-state index in [2.05, 4.69) is 43.6 Å². The number of piperazine rings is 1. The lowest BCUT2D eigenvalue weighted by Gasteiger charge is -2.36. The fraction of sp³-hybridized carbons (Fsp3) is 0.529. The summed E-state index contributed by atoms with van der Waals surface area (Å²) in [5.41, 5.74) is 3.43. The van der Waals surface area contributed by atoms with Gasteiger partial charge in [0.05, 0.1) is 0 Å². The molecule has 3 rings (SSSR count). The fourth-order valence-corrected chi connectivity index (χ4v) is 2.89. The van der Waals surface area contributed by atoms with Gasteiger partial charge in [-0.1, -0.05) is 13.3 Å². The number of anilines is 2. The summed E-state index contributed by atoms with van der Waals surface area (Å²) in [6.07, 6.45) is 7.73. The lowest BCUT2D eigenvalue weighted by molar-refractivity contribution is 0.631. The standard InChI is InChI=1S/C17H24N6/c1-4-5-15-10-18-17(19-11-15)23-8-6-22(7-9-23)16-13(2)14(3)20-12-21-16/h10-12H,4-9H2,1-3H3. The molecule has 0 amide bonds. The van der Waals surface area contributed by atoms with Gasteiger partial charge in [-0.3, -0.25) is 0 Å². The lowest BCUT2D eigenvalue weighted by Crippen LogP contribution is -2.47. The molecule has 0 radical (unpaired) electrons. The third kappa shape index (κ3) is 3.41. The van der Waals surface area contributed by atoms with Crippen LogP contribution in [0.4, 0.5) is 11.8 Å². The number of hydrogen-bond acceptors (Lipinski definition) is 6. The maximum Gasteiger partial charge on any atom is 0.225 e. The Labute approximate surface area is 137 Å². The zero-order chi connectivity index (χ0) is 16.2. The van der Waals surface area contributed by atoms with Crippen molar-refractivity contribution in [2.24, 2.45) is 0 Å². The fourth-order valence-electron chi connectivity index (χ4n) is 2.89. The molecule has 1 fully saturated rings. The molecule has 0 saturated carbocycles. The number of rotatable bonds is 4. The highest BCUT2D eigenvalue weighted by Gasteiger charge is 2.21. The second-order valence-corrected chi connectivity index (χ2v) is 6.02. The zero-order valence-corrected chi connectivity index (χ0v) is 14.2. The first-order chi connectivity index (χ1) is 11.2. The van der Waals surface area contributed by atoms with Crippen LogP contribution in [-0.2, 0) is 6.42 Å². The van der Waals surface area contributed by atoms with Crippen LogP contribution in [0.25, 0.3) is 0 Å². The smallest absolute Gasteiger partial charge is 0.225 e. The van der Waals surface area contributed by atoms with Crippen LogP contribution in [-0.4, -0.2) is 46.1 Å². The van der Waals surface area contributed by atoms with Gasteiger partial charge in [-0.05, 0) is 25.8 Å². The lowest BCUT2D eigenvalue weighted by atomic mass is 10.2. The van der Waals surface area contributed by atoms with Crippen LogP contribution in [0.1, 0.15) is 30.2 Å². The minimum atomic E-state index is 0.833. The van der Waals surface area contributed by atoms with Gasteiger partial charge in [0.15, 0.2) is 0 Å². The van der Waals surface area contributed by atoms with Crippen molar-refractivity contribution in [3.8, 4) is 0 Å². The highest BCUT2D eigenvalue weighted by atomic mass is 15.3. The number of nitrogens with zero attached hydrogens (tertiary/aromatic N) is 6. The molecule has 1 aliphatic heterocycles. The average Bonchev–Trinajstić information content (AvgIpc) is 2.59. The molecule has 0 bridgehead atoms. The molecule has 0 aliphatic carbocycles. The summed E-state index contributed by atoms with van der Waals surface area (Å²) in [5.74, 6) is 1.89. The minimum absolute atomic E-state index is 0.833. The third-order valence-corrected chi connectivity index (χ3v) is 4.40. The van der Waals surface area contributed by atoms with Crippen molar-refractivity contribution in [3.63, 3.8) is 0 Å². The van der Waals surface area contributed by atoms with Gasteiger partial charge in [-0.25, -0.2) is 19.9 Å². The Hall–Kier alpha value is -2.24. The van der Waals surface area contributed by atoms with E-state index in [0.29, 0.717) is 0 Å². The first-order valence-corrected chi connectivity index (χ1v) is 8.28. The molecule has 0 spiro atoms. The van der Waals surface area contributed by atoms with Crippen LogP contribution in [0.15, 0.2) is 18.7 Å². The van der Waals surface area contributed by atoms with Gasteiger partial charge in [0.1, 0.15) is 12.1 Å². The van der Waals surface area contributed by atoms with E-state index in [1.54, 1.807) is 6.33 Å². The predicted molar refractivity (Wildman–Crippen MR) is 92.0 cm³/mol. The Morgan fingerprint density at radius 3 is 2.22 bits per heavy atom. The average molecular weight is 312 g/mol. The Kier molecular flexibility index (Phi) is 4.69. The Morgan fingerprint density at radius 1 is 0.913 bits per heavy atom. The summed E-state index contributed by atoms with van der Waals surface area (Å²) < 4.78 is 0. The largest absolute Gasteiger partial charge is 0.353 e. The second kappa shape index (κ2) is 6.89. The van der Waals surface area contributed by atoms with Crippen LogP contribution < -0.4 is 9.80 Å². The monoisotopic (exact) mass is 312 g/mol. The molecule has 1 saturated heterocycles. The molecule has 2 aromatic rings. The van der Waals surface area contributed by atoms with Gasteiger partial charge < -0.3 is 9.80 Å². The maximum absolute atomic E-state index is 4.52. The van der Waals surface area contributed by atoms with Crippen LogP contribution in [0, 0.1) is 13.8 Å². The van der Waals surface area contributed by atoms with Crippen LogP contribution in [0.5, 0.6) is 0 Å². The summed E-state index contributed by atoms with van der Waals surface area (Å²) >= 11 is 0. The summed E-state index contributed by atoms with van der Waals surface area (Å²) in [7, 11) is 0. The topological polar surface area (TPSA) is 58.0 Å². The number of hydrogen-bond donors (Lipinski definition) is 0. The van der Waals surface area contributed by atoms with Crippen molar-refractivity contribution < 1.29 is 0 Å². The first kappa shape index (κ1) is 15.6. The van der Waals surface area contributed by atoms with E-state index in [9.17, 15) is 0 Å². The van der Waals surface area contributed by atoms with Crippen molar-refractivity contribution in [1.29, 1.82) is 0 Å². The molecule has 23 heavy (non-hydrogen) atoms. The first-order valence-electron chi connectivity index (χ1n) is 8.28. The Bertz CT molecular complexity index is 647. The summed E-state index contributed by atoms with van der Waals surface area (Å²) in [4.78, 5) is 22.3. The van der Waals surface area contributed by atoms with E-state index in [1.807, 2.05) is 19.3 Å². The number of aromatic nitrogens is 4. The molecule has 6 heteroatoms. The van der Waals surface area contributed by atoms with Gasteiger partial charge in [0.2, 0.25) is 5.95 Å². The highest BCUT2D eigenvalue weighted by molar-refractivity contribution is 5.49. The molecule has 0 unspecified atom stereocenters. The number of aryl methyl sites for hydroxylation is 2. The van der Waals surface area contributed by atoms with E-state index in [1.165, 1.54) is 11.1 Å². The molecule has 0 N–H and O–H groups in total. The van der Waals surface area contributed by atoms with E-state index in [-0.39, 0.29) is 0 Å². The van der Waals surface area contributed by atoms with E-state index < -0.39 is 0 Å². The van der Waals surface area contributed by atoms with Gasteiger partial charge in [-0.15, -0.1) is 0 Å². The molecule has 0 aromatic carbocycles. The van der Waals surface area contributed by atoms with Crippen molar-refractivity contribution >= 4 is 11.8 Å². The molecule has 122 valence electrons. The Balaban J connectivity index is 1.65. The second-order valence-electron chi connectivity index (χ2n) is 6.02. The highest BCUT2D eigenvalue weighted by Crippen LogP contribution is 2.20. The Morgan fingerprint density at radius 2 is 1.57 bits per heavy atom. The van der Waals surface area contributed by atoms with Crippen LogP contribution in [0.2, 0.25) is 0 Å². The molecular formula is C17H24N6. The zero-order valence-electron chi connectivity index (χ0n) is 14.2. The van der Waals surface area contributed by atoms with Gasteiger partial charge >= 0.3 is 0 Å². The van der Waals surface area contributed by atoms with Crippen LogP contribution in [0.3, 0.4) is 0 Å². The van der Waals surface area contributed by atoms with Crippen molar-refractivity contribution in [2.45, 2.75) is 33.6 Å². The molecule has 3 heterocycles. The van der Waals surface area contributed by atoms with E-state index >= 15 is 0 Å². The minimum Gasteiger partial charge on any atom is -0.353 e. The van der Waals surface area contributed by atoms with Crippen molar-refractivity contribution in [1.82, 2.24) is 19.9 Å². The van der Waals surface area contributed by atoms with E-state index in [0.717, 1.165) is 56.5 Å². The van der Waals surface area contributed by atoms with Crippen molar-refractivity contribution in [3.05, 3.63) is 35.5 Å². The summed E-state index contributed by atoms with van der Waals surface area (Å²) in [6.45, 7) is 9.97. The van der Waals surface area contributed by atoms with Gasteiger partial charge in [-0.2, -0.15) is 0 Å². The quantitative estimate of drug-likeness (QED) is 0.862. The maximum atomic E-state index is 4.52. The third-order valence-electron chi connectivity index (χ3n) is 4.40. The molecular weight excluding hydrogens is 288 g/mol. The normalized spacial score (nSPS) is 15.1. The SMILES string of the molecule is CCCc1cnc(N2CCN(c3ncnc(C)c3C)CC2)nc1. The molecule has 1 aliphatic rings. The molecule has 0 atom stereocenters. The van der Waals surface area contributed by atoms with Gasteiger partial charge in [0, 0.05) is 49.8 Å². The predicted octanol–water partition coefficient (Wildman–Crippen LogP) is 2.16.